The third-order valence-electron chi connectivity index (χ3n) is 2.31. The lowest BCUT2D eigenvalue weighted by atomic mass is 9.99. The molecule has 4 heteroatoms. The van der Waals surface area contributed by atoms with E-state index in [0.29, 0.717) is 5.56 Å². The van der Waals surface area contributed by atoms with E-state index in [1.165, 1.54) is 6.07 Å². The van der Waals surface area contributed by atoms with Crippen LogP contribution in [0.5, 0.6) is 0 Å². The van der Waals surface area contributed by atoms with E-state index in [2.05, 4.69) is 15.9 Å². The summed E-state index contributed by atoms with van der Waals surface area (Å²) >= 11 is 3.26. The van der Waals surface area contributed by atoms with Crippen LogP contribution in [0.3, 0.4) is 0 Å². The van der Waals surface area contributed by atoms with Gasteiger partial charge in [0.15, 0.2) is 0 Å². The molecule has 0 amide bonds. The minimum Gasteiger partial charge on any atom is -0.390 e. The van der Waals surface area contributed by atoms with Crippen LogP contribution in [-0.2, 0) is 5.92 Å². The molecule has 0 unspecified atom stereocenters. The molecular formula is C10H11BrF2O. The van der Waals surface area contributed by atoms with Gasteiger partial charge in [0.25, 0.3) is 5.92 Å². The highest BCUT2D eigenvalue weighted by molar-refractivity contribution is 9.10. The molecule has 0 heterocycles. The molecular weight excluding hydrogens is 254 g/mol. The summed E-state index contributed by atoms with van der Waals surface area (Å²) < 4.78 is 27.2. The van der Waals surface area contributed by atoms with Crippen molar-refractivity contribution in [3.8, 4) is 0 Å². The van der Waals surface area contributed by atoms with E-state index in [0.717, 1.165) is 10.0 Å². The maximum atomic E-state index is 13.2. The molecule has 0 aromatic heterocycles. The largest absolute Gasteiger partial charge is 0.390 e. The Morgan fingerprint density at radius 3 is 2.36 bits per heavy atom. The molecule has 0 atom stereocenters. The van der Waals surface area contributed by atoms with E-state index in [4.69, 9.17) is 5.11 Å². The van der Waals surface area contributed by atoms with Crippen molar-refractivity contribution in [1.82, 2.24) is 0 Å². The van der Waals surface area contributed by atoms with Crippen LogP contribution in [0.1, 0.15) is 16.7 Å². The Labute approximate surface area is 89.9 Å². The lowest BCUT2D eigenvalue weighted by molar-refractivity contribution is -0.0561. The lowest BCUT2D eigenvalue weighted by Crippen LogP contribution is -2.20. The molecule has 1 aromatic rings. The molecule has 0 aliphatic rings. The van der Waals surface area contributed by atoms with Gasteiger partial charge >= 0.3 is 0 Å². The molecule has 0 fully saturated rings. The van der Waals surface area contributed by atoms with Crippen molar-refractivity contribution < 1.29 is 13.9 Å². The maximum Gasteiger partial charge on any atom is 0.296 e. The average molecular weight is 265 g/mol. The Morgan fingerprint density at radius 1 is 1.29 bits per heavy atom. The molecule has 0 saturated carbocycles. The van der Waals surface area contributed by atoms with Gasteiger partial charge in [-0.3, -0.25) is 0 Å². The summed E-state index contributed by atoms with van der Waals surface area (Å²) in [5.74, 6) is -3.16. The number of hydrogen-bond acceptors (Lipinski definition) is 1. The summed E-state index contributed by atoms with van der Waals surface area (Å²) in [6, 6.07) is 2.91. The van der Waals surface area contributed by atoms with E-state index in [1.807, 2.05) is 0 Å². The molecule has 0 aliphatic carbocycles. The predicted octanol–water partition coefficient (Wildman–Crippen LogP) is 3.15. The number of alkyl halides is 2. The third kappa shape index (κ3) is 1.96. The first-order valence-electron chi connectivity index (χ1n) is 4.15. The number of halogens is 3. The minimum absolute atomic E-state index is 0.110. The Hall–Kier alpha value is -0.480. The van der Waals surface area contributed by atoms with Crippen molar-refractivity contribution in [3.63, 3.8) is 0 Å². The number of aliphatic hydroxyl groups is 1. The van der Waals surface area contributed by atoms with Gasteiger partial charge in [0.2, 0.25) is 0 Å². The van der Waals surface area contributed by atoms with Crippen molar-refractivity contribution in [1.29, 1.82) is 0 Å². The van der Waals surface area contributed by atoms with Gasteiger partial charge in [0.05, 0.1) is 0 Å². The number of rotatable bonds is 2. The average Bonchev–Trinajstić information content (AvgIpc) is 2.14. The summed E-state index contributed by atoms with van der Waals surface area (Å²) in [6.45, 7) is 2.23. The van der Waals surface area contributed by atoms with Gasteiger partial charge in [-0.15, -0.1) is 0 Å². The normalized spacial score (nSPS) is 11.9. The second-order valence-electron chi connectivity index (χ2n) is 3.21. The van der Waals surface area contributed by atoms with Crippen LogP contribution in [-0.4, -0.2) is 11.7 Å². The van der Waals surface area contributed by atoms with E-state index < -0.39 is 12.5 Å². The lowest BCUT2D eigenvalue weighted by Gasteiger charge is -2.18. The molecule has 0 bridgehead atoms. The first kappa shape index (κ1) is 11.6. The summed E-state index contributed by atoms with van der Waals surface area (Å²) in [6.07, 6.45) is 0. The van der Waals surface area contributed by atoms with Crippen LogP contribution in [0.25, 0.3) is 0 Å². The van der Waals surface area contributed by atoms with Gasteiger partial charge in [-0.05, 0) is 31.0 Å². The smallest absolute Gasteiger partial charge is 0.296 e. The summed E-state index contributed by atoms with van der Waals surface area (Å²) in [5.41, 5.74) is 1.18. The zero-order chi connectivity index (χ0) is 10.9. The highest BCUT2D eigenvalue weighted by Gasteiger charge is 2.32. The zero-order valence-electron chi connectivity index (χ0n) is 7.94. The van der Waals surface area contributed by atoms with Crippen LogP contribution < -0.4 is 0 Å². The Morgan fingerprint density at radius 2 is 1.86 bits per heavy atom. The first-order valence-corrected chi connectivity index (χ1v) is 4.94. The van der Waals surface area contributed by atoms with Gasteiger partial charge in [0.1, 0.15) is 6.61 Å². The molecule has 1 nitrogen and oxygen atoms in total. The topological polar surface area (TPSA) is 20.2 Å². The molecule has 1 aromatic carbocycles. The predicted molar refractivity (Wildman–Crippen MR) is 54.6 cm³/mol. The zero-order valence-corrected chi connectivity index (χ0v) is 9.53. The summed E-state index contributed by atoms with van der Waals surface area (Å²) in [5, 5.41) is 8.57. The van der Waals surface area contributed by atoms with E-state index >= 15 is 0 Å². The molecule has 0 aliphatic heterocycles. The van der Waals surface area contributed by atoms with Crippen LogP contribution >= 0.6 is 15.9 Å². The number of benzene rings is 1. The summed E-state index contributed by atoms with van der Waals surface area (Å²) in [7, 11) is 0. The van der Waals surface area contributed by atoms with Crippen molar-refractivity contribution in [2.45, 2.75) is 19.8 Å². The van der Waals surface area contributed by atoms with Crippen LogP contribution in [0.2, 0.25) is 0 Å². The van der Waals surface area contributed by atoms with Crippen molar-refractivity contribution in [3.05, 3.63) is 33.3 Å². The minimum atomic E-state index is -3.16. The molecule has 0 saturated heterocycles. The molecule has 78 valence electrons. The molecule has 0 spiro atoms. The number of hydrogen-bond donors (Lipinski definition) is 1. The van der Waals surface area contributed by atoms with Gasteiger partial charge in [-0.25, -0.2) is 0 Å². The Bertz CT molecular complexity index is 350. The van der Waals surface area contributed by atoms with E-state index in [9.17, 15) is 8.78 Å². The fourth-order valence-corrected chi connectivity index (χ4v) is 1.70. The molecule has 14 heavy (non-hydrogen) atoms. The van der Waals surface area contributed by atoms with Crippen LogP contribution in [0.15, 0.2) is 16.6 Å². The fraction of sp³-hybridized carbons (Fsp3) is 0.400. The van der Waals surface area contributed by atoms with E-state index in [1.54, 1.807) is 19.9 Å². The Balaban J connectivity index is 3.31. The van der Waals surface area contributed by atoms with Crippen molar-refractivity contribution in [2.24, 2.45) is 0 Å². The van der Waals surface area contributed by atoms with Crippen LogP contribution in [0.4, 0.5) is 8.78 Å². The first-order chi connectivity index (χ1) is 6.40. The quantitative estimate of drug-likeness (QED) is 0.870. The third-order valence-corrected chi connectivity index (χ3v) is 3.17. The maximum absolute atomic E-state index is 13.2. The van der Waals surface area contributed by atoms with Crippen molar-refractivity contribution >= 4 is 15.9 Å². The van der Waals surface area contributed by atoms with Gasteiger partial charge in [-0.2, -0.15) is 8.78 Å². The second-order valence-corrected chi connectivity index (χ2v) is 4.06. The summed E-state index contributed by atoms with van der Waals surface area (Å²) in [4.78, 5) is 0. The highest BCUT2D eigenvalue weighted by atomic mass is 79.9. The van der Waals surface area contributed by atoms with Gasteiger partial charge < -0.3 is 5.11 Å². The highest BCUT2D eigenvalue weighted by Crippen LogP contribution is 2.33. The monoisotopic (exact) mass is 264 g/mol. The Kier molecular flexibility index (Phi) is 3.27. The van der Waals surface area contributed by atoms with Gasteiger partial charge in [0, 0.05) is 10.0 Å². The number of aliphatic hydroxyl groups excluding tert-OH is 1. The second kappa shape index (κ2) is 3.95. The fourth-order valence-electron chi connectivity index (χ4n) is 1.27. The van der Waals surface area contributed by atoms with Gasteiger partial charge in [-0.1, -0.05) is 22.0 Å². The molecule has 1 rings (SSSR count). The SMILES string of the molecule is Cc1c(Br)ccc(C(F)(F)CO)c1C. The van der Waals surface area contributed by atoms with E-state index in [-0.39, 0.29) is 5.56 Å². The standard InChI is InChI=1S/C10H11BrF2O/c1-6-7(2)9(11)4-3-8(6)10(12,13)5-14/h3-4,14H,5H2,1-2H3. The molecule has 1 N–H and O–H groups in total. The van der Waals surface area contributed by atoms with Crippen molar-refractivity contribution in [2.75, 3.05) is 6.61 Å². The van der Waals surface area contributed by atoms with Crippen LogP contribution in [0, 0.1) is 13.8 Å². The molecule has 0 radical (unpaired) electrons.